The van der Waals surface area contributed by atoms with Gasteiger partial charge >= 0.3 is 0 Å². The molecule has 1 aromatic rings. The summed E-state index contributed by atoms with van der Waals surface area (Å²) in [4.78, 5) is 27.7. The van der Waals surface area contributed by atoms with Crippen LogP contribution in [0.25, 0.3) is 0 Å². The summed E-state index contributed by atoms with van der Waals surface area (Å²) in [5.74, 6) is 0. The highest BCUT2D eigenvalue weighted by molar-refractivity contribution is 5.56. The molecule has 0 saturated heterocycles. The van der Waals surface area contributed by atoms with E-state index in [1.165, 1.54) is 12.2 Å². The Morgan fingerprint density at radius 1 is 1.24 bits per heavy atom. The topological polar surface area (TPSA) is 58.9 Å². The zero-order chi connectivity index (χ0) is 12.5. The van der Waals surface area contributed by atoms with Crippen LogP contribution in [0.1, 0.15) is 30.9 Å². The number of hydrogen-bond acceptors (Lipinski definition) is 4. The average molecular weight is 230 g/mol. The summed E-state index contributed by atoms with van der Waals surface area (Å²) in [5.41, 5.74) is 2.42. The van der Waals surface area contributed by atoms with Gasteiger partial charge in [-0.15, -0.1) is 0 Å². The quantitative estimate of drug-likeness (QED) is 0.557. The molecular formula is C13H14N2O2. The molecule has 0 bridgehead atoms. The van der Waals surface area contributed by atoms with Gasteiger partial charge in [0.05, 0.1) is 12.2 Å². The van der Waals surface area contributed by atoms with Crippen LogP contribution in [0.3, 0.4) is 0 Å². The number of hydrogen-bond donors (Lipinski definition) is 0. The Balaban J connectivity index is 3.12. The van der Waals surface area contributed by atoms with Crippen LogP contribution >= 0.6 is 0 Å². The maximum absolute atomic E-state index is 10.3. The van der Waals surface area contributed by atoms with Crippen molar-refractivity contribution in [2.75, 3.05) is 0 Å². The summed E-state index contributed by atoms with van der Waals surface area (Å²) >= 11 is 0. The Morgan fingerprint density at radius 2 is 2.06 bits per heavy atom. The second kappa shape index (κ2) is 7.29. The molecule has 4 nitrogen and oxygen atoms in total. The molecular weight excluding hydrogens is 216 g/mol. The number of aliphatic imine (C=N–C) groups is 2. The summed E-state index contributed by atoms with van der Waals surface area (Å²) in [6.07, 6.45) is 6.04. The van der Waals surface area contributed by atoms with Crippen molar-refractivity contribution in [2.45, 2.75) is 32.7 Å². The lowest BCUT2D eigenvalue weighted by Crippen LogP contribution is -1.94. The molecule has 0 unspecified atom stereocenters. The predicted octanol–water partition coefficient (Wildman–Crippen LogP) is 2.83. The maximum Gasteiger partial charge on any atom is 0.240 e. The van der Waals surface area contributed by atoms with Crippen LogP contribution in [-0.2, 0) is 22.6 Å². The van der Waals surface area contributed by atoms with Crippen LogP contribution in [0.4, 0.5) is 5.69 Å². The van der Waals surface area contributed by atoms with Crippen molar-refractivity contribution in [2.24, 2.45) is 9.98 Å². The monoisotopic (exact) mass is 230 g/mol. The SMILES string of the molecule is CCCCc1cccc(N=C=O)c1CN=C=O. The molecule has 0 saturated carbocycles. The lowest BCUT2D eigenvalue weighted by Gasteiger charge is -2.08. The Hall–Kier alpha value is -2.02. The van der Waals surface area contributed by atoms with E-state index in [4.69, 9.17) is 0 Å². The fourth-order valence-corrected chi connectivity index (χ4v) is 1.67. The second-order valence-electron chi connectivity index (χ2n) is 3.63. The van der Waals surface area contributed by atoms with Gasteiger partial charge in [0, 0.05) is 5.56 Å². The molecule has 17 heavy (non-hydrogen) atoms. The van der Waals surface area contributed by atoms with E-state index in [1.807, 2.05) is 12.1 Å². The maximum atomic E-state index is 10.3. The lowest BCUT2D eigenvalue weighted by atomic mass is 10.0. The first-order valence-corrected chi connectivity index (χ1v) is 5.55. The molecule has 0 heterocycles. The highest BCUT2D eigenvalue weighted by Crippen LogP contribution is 2.24. The van der Waals surface area contributed by atoms with Crippen LogP contribution in [0.2, 0.25) is 0 Å². The first kappa shape index (κ1) is 13.0. The molecule has 0 aliphatic heterocycles. The fourth-order valence-electron chi connectivity index (χ4n) is 1.67. The van der Waals surface area contributed by atoms with E-state index >= 15 is 0 Å². The van der Waals surface area contributed by atoms with E-state index in [2.05, 4.69) is 16.9 Å². The van der Waals surface area contributed by atoms with Gasteiger partial charge in [-0.25, -0.2) is 14.6 Å². The highest BCUT2D eigenvalue weighted by Gasteiger charge is 2.07. The van der Waals surface area contributed by atoms with Crippen LogP contribution in [0.5, 0.6) is 0 Å². The summed E-state index contributed by atoms with van der Waals surface area (Å²) in [5, 5.41) is 0. The molecule has 4 heteroatoms. The summed E-state index contributed by atoms with van der Waals surface area (Å²) < 4.78 is 0. The molecule has 0 amide bonds. The Labute approximate surface area is 100 Å². The molecule has 1 rings (SSSR count). The third-order valence-electron chi connectivity index (χ3n) is 2.52. The Kier molecular flexibility index (Phi) is 5.59. The zero-order valence-electron chi connectivity index (χ0n) is 9.77. The van der Waals surface area contributed by atoms with Gasteiger partial charge < -0.3 is 0 Å². The van der Waals surface area contributed by atoms with Gasteiger partial charge in [-0.1, -0.05) is 25.5 Å². The molecule has 0 aliphatic carbocycles. The number of aryl methyl sites for hydroxylation is 1. The Bertz CT molecular complexity index is 470. The van der Waals surface area contributed by atoms with Crippen molar-refractivity contribution in [3.63, 3.8) is 0 Å². The van der Waals surface area contributed by atoms with E-state index < -0.39 is 0 Å². The summed E-state index contributed by atoms with van der Waals surface area (Å²) in [6, 6.07) is 5.53. The van der Waals surface area contributed by atoms with Crippen molar-refractivity contribution in [3.8, 4) is 0 Å². The van der Waals surface area contributed by atoms with Gasteiger partial charge in [-0.2, -0.15) is 4.99 Å². The molecule has 0 aromatic heterocycles. The van der Waals surface area contributed by atoms with Crippen molar-refractivity contribution in [1.29, 1.82) is 0 Å². The molecule has 0 aliphatic rings. The minimum atomic E-state index is 0.212. The molecule has 0 atom stereocenters. The summed E-state index contributed by atoms with van der Waals surface area (Å²) in [6.45, 7) is 2.32. The second-order valence-corrected chi connectivity index (χ2v) is 3.63. The van der Waals surface area contributed by atoms with Gasteiger partial charge in [-0.3, -0.25) is 0 Å². The molecule has 0 N–H and O–H groups in total. The van der Waals surface area contributed by atoms with E-state index in [1.54, 1.807) is 6.07 Å². The van der Waals surface area contributed by atoms with E-state index in [-0.39, 0.29) is 6.54 Å². The van der Waals surface area contributed by atoms with Gasteiger partial charge in [0.15, 0.2) is 0 Å². The third kappa shape index (κ3) is 3.80. The van der Waals surface area contributed by atoms with Crippen molar-refractivity contribution in [1.82, 2.24) is 0 Å². The van der Waals surface area contributed by atoms with Crippen LogP contribution in [0.15, 0.2) is 28.2 Å². The van der Waals surface area contributed by atoms with Gasteiger partial charge in [0.2, 0.25) is 12.2 Å². The minimum Gasteiger partial charge on any atom is -0.211 e. The van der Waals surface area contributed by atoms with Crippen LogP contribution < -0.4 is 0 Å². The molecule has 0 fully saturated rings. The molecule has 1 aromatic carbocycles. The molecule has 0 spiro atoms. The van der Waals surface area contributed by atoms with E-state index in [0.717, 1.165) is 30.4 Å². The number of isocyanates is 2. The lowest BCUT2D eigenvalue weighted by molar-refractivity contribution is 0.562. The van der Waals surface area contributed by atoms with Crippen molar-refractivity contribution in [3.05, 3.63) is 29.3 Å². The summed E-state index contributed by atoms with van der Waals surface area (Å²) in [7, 11) is 0. The molecule has 88 valence electrons. The van der Waals surface area contributed by atoms with E-state index in [9.17, 15) is 9.59 Å². The molecule has 0 radical (unpaired) electrons. The standard InChI is InChI=1S/C13H14N2O2/c1-2-3-5-11-6-4-7-13(15-10-17)12(11)8-14-9-16/h4,6-7H,2-3,5,8H2,1H3. The normalized spacial score (nSPS) is 9.24. The largest absolute Gasteiger partial charge is 0.240 e. The zero-order valence-corrected chi connectivity index (χ0v) is 9.77. The first-order chi connectivity index (χ1) is 8.33. The number of unbranched alkanes of at least 4 members (excludes halogenated alkanes) is 1. The smallest absolute Gasteiger partial charge is 0.211 e. The van der Waals surface area contributed by atoms with Gasteiger partial charge in [0.25, 0.3) is 0 Å². The van der Waals surface area contributed by atoms with E-state index in [0.29, 0.717) is 5.69 Å². The van der Waals surface area contributed by atoms with Crippen LogP contribution in [0, 0.1) is 0 Å². The third-order valence-corrected chi connectivity index (χ3v) is 2.52. The number of rotatable bonds is 6. The average Bonchev–Trinajstić information content (AvgIpc) is 2.35. The number of nitrogens with zero attached hydrogens (tertiary/aromatic N) is 2. The number of benzene rings is 1. The van der Waals surface area contributed by atoms with Crippen LogP contribution in [-0.4, -0.2) is 12.2 Å². The van der Waals surface area contributed by atoms with Gasteiger partial charge in [-0.05, 0) is 24.5 Å². The predicted molar refractivity (Wildman–Crippen MR) is 64.7 cm³/mol. The van der Waals surface area contributed by atoms with Crippen molar-refractivity contribution >= 4 is 17.8 Å². The highest BCUT2D eigenvalue weighted by atomic mass is 16.1. The first-order valence-electron chi connectivity index (χ1n) is 5.55. The van der Waals surface area contributed by atoms with Crippen molar-refractivity contribution < 1.29 is 9.59 Å². The minimum absolute atomic E-state index is 0.212. The van der Waals surface area contributed by atoms with Gasteiger partial charge in [0.1, 0.15) is 0 Å². The number of carbonyl (C=O) groups excluding carboxylic acids is 2. The fraction of sp³-hybridized carbons (Fsp3) is 0.385. The Morgan fingerprint density at radius 3 is 2.71 bits per heavy atom.